The van der Waals surface area contributed by atoms with Crippen LogP contribution >= 0.6 is 46.6 Å². The summed E-state index contributed by atoms with van der Waals surface area (Å²) in [5.41, 5.74) is 0.902. The van der Waals surface area contributed by atoms with Crippen LogP contribution in [0.25, 0.3) is 0 Å². The summed E-state index contributed by atoms with van der Waals surface area (Å²) in [7, 11) is 0. The Balaban J connectivity index is 1.96. The molecule has 0 aromatic heterocycles. The minimum Gasteiger partial charge on any atom is -0.478 e. The second kappa shape index (κ2) is 8.62. The first kappa shape index (κ1) is 18.9. The molecule has 0 saturated heterocycles. The van der Waals surface area contributed by atoms with Gasteiger partial charge in [0, 0.05) is 20.8 Å². The first-order chi connectivity index (χ1) is 11.4. The lowest BCUT2D eigenvalue weighted by molar-refractivity contribution is -0.113. The van der Waals surface area contributed by atoms with Crippen molar-refractivity contribution >= 4 is 64.1 Å². The highest BCUT2D eigenvalue weighted by Gasteiger charge is 2.14. The summed E-state index contributed by atoms with van der Waals surface area (Å²) in [5, 5.41) is 13.1. The van der Waals surface area contributed by atoms with Crippen LogP contribution in [0.1, 0.15) is 15.9 Å². The van der Waals surface area contributed by atoms with Gasteiger partial charge in [-0.15, -0.1) is 11.8 Å². The summed E-state index contributed by atoms with van der Waals surface area (Å²) in [6.07, 6.45) is 0. The van der Waals surface area contributed by atoms with Crippen molar-refractivity contribution in [3.8, 4) is 0 Å². The molecule has 1 amide bonds. The number of thioether (sulfide) groups is 1. The largest absolute Gasteiger partial charge is 0.478 e. The molecule has 2 aromatic carbocycles. The lowest BCUT2D eigenvalue weighted by Gasteiger charge is -2.10. The monoisotopic (exact) mass is 403 g/mol. The molecular formula is C16H12Cl3NO3S. The third kappa shape index (κ3) is 5.05. The molecule has 0 radical (unpaired) electrons. The number of hydrogen-bond acceptors (Lipinski definition) is 3. The maximum Gasteiger partial charge on any atom is 0.337 e. The number of aromatic carboxylic acids is 1. The highest BCUT2D eigenvalue weighted by Crippen LogP contribution is 2.28. The van der Waals surface area contributed by atoms with Gasteiger partial charge < -0.3 is 10.4 Å². The molecule has 8 heteroatoms. The minimum absolute atomic E-state index is 0.0602. The zero-order valence-corrected chi connectivity index (χ0v) is 15.3. The zero-order valence-electron chi connectivity index (χ0n) is 12.2. The third-order valence-corrected chi connectivity index (χ3v) is 4.93. The highest BCUT2D eigenvalue weighted by atomic mass is 35.5. The Morgan fingerprint density at radius 3 is 2.38 bits per heavy atom. The fourth-order valence-corrected chi connectivity index (χ4v) is 3.64. The molecule has 2 aromatic rings. The predicted octanol–water partition coefficient (Wildman–Crippen LogP) is 5.22. The molecule has 126 valence electrons. The van der Waals surface area contributed by atoms with Gasteiger partial charge in [-0.25, -0.2) is 4.79 Å². The van der Waals surface area contributed by atoms with E-state index in [2.05, 4.69) is 5.32 Å². The normalized spacial score (nSPS) is 10.5. The first-order valence-electron chi connectivity index (χ1n) is 6.72. The maximum absolute atomic E-state index is 12.0. The summed E-state index contributed by atoms with van der Waals surface area (Å²) in [6.45, 7) is 0. The molecule has 2 rings (SSSR count). The molecule has 0 bridgehead atoms. The molecule has 4 nitrogen and oxygen atoms in total. The lowest BCUT2D eigenvalue weighted by atomic mass is 10.2. The van der Waals surface area contributed by atoms with Crippen molar-refractivity contribution in [2.45, 2.75) is 5.75 Å². The SMILES string of the molecule is O=C(CSCc1c(Cl)cccc1Cl)Nc1ccc(Cl)cc1C(=O)O. The van der Waals surface area contributed by atoms with Crippen LogP contribution < -0.4 is 5.32 Å². The summed E-state index contributed by atoms with van der Waals surface area (Å²) >= 11 is 19.2. The summed E-state index contributed by atoms with van der Waals surface area (Å²) < 4.78 is 0. The third-order valence-electron chi connectivity index (χ3n) is 3.03. The van der Waals surface area contributed by atoms with Crippen molar-refractivity contribution in [2.24, 2.45) is 0 Å². The van der Waals surface area contributed by atoms with E-state index >= 15 is 0 Å². The highest BCUT2D eigenvalue weighted by molar-refractivity contribution is 7.99. The van der Waals surface area contributed by atoms with Gasteiger partial charge in [-0.3, -0.25) is 4.79 Å². The molecular weight excluding hydrogens is 393 g/mol. The number of benzene rings is 2. The van der Waals surface area contributed by atoms with E-state index in [1.54, 1.807) is 18.2 Å². The zero-order chi connectivity index (χ0) is 17.7. The van der Waals surface area contributed by atoms with Crippen molar-refractivity contribution < 1.29 is 14.7 Å². The smallest absolute Gasteiger partial charge is 0.337 e. The van der Waals surface area contributed by atoms with Crippen molar-refractivity contribution in [3.05, 3.63) is 62.6 Å². The molecule has 0 aliphatic carbocycles. The Morgan fingerprint density at radius 2 is 1.75 bits per heavy atom. The lowest BCUT2D eigenvalue weighted by Crippen LogP contribution is -2.16. The number of halogens is 3. The van der Waals surface area contributed by atoms with E-state index < -0.39 is 5.97 Å². The Kier molecular flexibility index (Phi) is 6.80. The van der Waals surface area contributed by atoms with Crippen LogP contribution in [0, 0.1) is 0 Å². The van der Waals surface area contributed by atoms with E-state index in [1.807, 2.05) is 0 Å². The molecule has 0 aliphatic heterocycles. The van der Waals surface area contributed by atoms with Crippen LogP contribution in [-0.2, 0) is 10.5 Å². The number of carbonyl (C=O) groups is 2. The number of rotatable bonds is 6. The first-order valence-corrected chi connectivity index (χ1v) is 9.00. The second-order valence-electron chi connectivity index (χ2n) is 4.74. The van der Waals surface area contributed by atoms with Crippen molar-refractivity contribution in [3.63, 3.8) is 0 Å². The van der Waals surface area contributed by atoms with E-state index in [4.69, 9.17) is 39.9 Å². The van der Waals surface area contributed by atoms with Gasteiger partial charge in [0.1, 0.15) is 0 Å². The maximum atomic E-state index is 12.0. The van der Waals surface area contributed by atoms with Gasteiger partial charge in [0.05, 0.1) is 17.0 Å². The topological polar surface area (TPSA) is 66.4 Å². The summed E-state index contributed by atoms with van der Waals surface area (Å²) in [6, 6.07) is 9.47. The second-order valence-corrected chi connectivity index (χ2v) is 6.97. The fourth-order valence-electron chi connectivity index (χ4n) is 1.90. The van der Waals surface area contributed by atoms with Crippen molar-refractivity contribution in [2.75, 3.05) is 11.1 Å². The fraction of sp³-hybridized carbons (Fsp3) is 0.125. The molecule has 2 N–H and O–H groups in total. The van der Waals surface area contributed by atoms with E-state index in [-0.39, 0.29) is 27.9 Å². The number of nitrogens with one attached hydrogen (secondary N) is 1. The predicted molar refractivity (Wildman–Crippen MR) is 99.7 cm³/mol. The number of carbonyl (C=O) groups excluding carboxylic acids is 1. The number of amides is 1. The van der Waals surface area contributed by atoms with Gasteiger partial charge in [0.15, 0.2) is 0 Å². The van der Waals surface area contributed by atoms with Crippen LogP contribution in [-0.4, -0.2) is 22.7 Å². The molecule has 0 saturated carbocycles. The molecule has 0 aliphatic rings. The molecule has 0 fully saturated rings. The molecule has 0 spiro atoms. The van der Waals surface area contributed by atoms with Gasteiger partial charge in [-0.2, -0.15) is 0 Å². The summed E-state index contributed by atoms with van der Waals surface area (Å²) in [4.78, 5) is 23.2. The number of carboxylic acids is 1. The molecule has 0 unspecified atom stereocenters. The molecule has 0 atom stereocenters. The van der Waals surface area contributed by atoms with Gasteiger partial charge in [0.2, 0.25) is 5.91 Å². The van der Waals surface area contributed by atoms with Gasteiger partial charge in [-0.05, 0) is 35.9 Å². The van der Waals surface area contributed by atoms with Gasteiger partial charge in [-0.1, -0.05) is 40.9 Å². The molecule has 24 heavy (non-hydrogen) atoms. The Morgan fingerprint density at radius 1 is 1.08 bits per heavy atom. The minimum atomic E-state index is -1.16. The Bertz CT molecular complexity index is 763. The van der Waals surface area contributed by atoms with E-state index in [1.165, 1.54) is 30.0 Å². The van der Waals surface area contributed by atoms with Gasteiger partial charge >= 0.3 is 5.97 Å². The van der Waals surface area contributed by atoms with Crippen molar-refractivity contribution in [1.82, 2.24) is 0 Å². The van der Waals surface area contributed by atoms with E-state index in [0.717, 1.165) is 5.56 Å². The quantitative estimate of drug-likeness (QED) is 0.693. The van der Waals surface area contributed by atoms with Crippen LogP contribution in [0.2, 0.25) is 15.1 Å². The number of carboxylic acid groups (broad SMARTS) is 1. The van der Waals surface area contributed by atoms with Crippen LogP contribution in [0.15, 0.2) is 36.4 Å². The Hall–Kier alpha value is -1.40. The van der Waals surface area contributed by atoms with Crippen LogP contribution in [0.4, 0.5) is 5.69 Å². The van der Waals surface area contributed by atoms with Crippen molar-refractivity contribution in [1.29, 1.82) is 0 Å². The average molecular weight is 405 g/mol. The summed E-state index contributed by atoms with van der Waals surface area (Å²) in [5.74, 6) is -0.891. The molecule has 0 heterocycles. The standard InChI is InChI=1S/C16H12Cl3NO3S/c17-9-4-5-14(10(6-9)16(22)23)20-15(21)8-24-7-11-12(18)2-1-3-13(11)19/h1-6H,7-8H2,(H,20,21)(H,22,23). The average Bonchev–Trinajstić information content (AvgIpc) is 2.52. The number of hydrogen-bond donors (Lipinski definition) is 2. The Labute approximate surface area is 158 Å². The van der Waals surface area contributed by atoms with Crippen LogP contribution in [0.5, 0.6) is 0 Å². The number of anilines is 1. The van der Waals surface area contributed by atoms with E-state index in [9.17, 15) is 9.59 Å². The van der Waals surface area contributed by atoms with Crippen LogP contribution in [0.3, 0.4) is 0 Å². The van der Waals surface area contributed by atoms with Gasteiger partial charge in [0.25, 0.3) is 0 Å². The van der Waals surface area contributed by atoms with E-state index in [0.29, 0.717) is 15.8 Å².